The number of hydrogen-bond acceptors (Lipinski definition) is 3. The average Bonchev–Trinajstić information content (AvgIpc) is 2.91. The summed E-state index contributed by atoms with van der Waals surface area (Å²) in [5.74, 6) is -2.76. The maximum Gasteiger partial charge on any atom is 0.304 e. The van der Waals surface area contributed by atoms with Crippen LogP contribution in [0.3, 0.4) is 0 Å². The van der Waals surface area contributed by atoms with E-state index in [1.54, 1.807) is 6.08 Å². The van der Waals surface area contributed by atoms with Crippen molar-refractivity contribution in [2.75, 3.05) is 0 Å². The molecule has 0 saturated carbocycles. The third-order valence-electron chi connectivity index (χ3n) is 6.69. The van der Waals surface area contributed by atoms with Crippen molar-refractivity contribution >= 4 is 35.5 Å². The number of halogens is 1. The highest BCUT2D eigenvalue weighted by atomic mass is 35.5. The van der Waals surface area contributed by atoms with E-state index >= 15 is 0 Å². The summed E-state index contributed by atoms with van der Waals surface area (Å²) in [5, 5.41) is 15.9. The van der Waals surface area contributed by atoms with Crippen LogP contribution < -0.4 is 10.6 Å². The van der Waals surface area contributed by atoms with Gasteiger partial charge in [-0.15, -0.1) is 0 Å². The van der Waals surface area contributed by atoms with Gasteiger partial charge in [-0.1, -0.05) is 117 Å². The number of amides is 2. The molecule has 7 heteroatoms. The number of carbonyl (C=O) groups is 3. The minimum atomic E-state index is -1.09. The Balaban J connectivity index is 1.77. The Labute approximate surface area is 241 Å². The third-order valence-corrected chi connectivity index (χ3v) is 7.01. The maximum absolute atomic E-state index is 13.4. The Morgan fingerprint density at radius 3 is 2.10 bits per heavy atom. The van der Waals surface area contributed by atoms with E-state index in [1.165, 1.54) is 0 Å². The molecule has 0 aliphatic heterocycles. The van der Waals surface area contributed by atoms with E-state index in [2.05, 4.69) is 10.6 Å². The molecule has 3 N–H and O–H groups in total. The second-order valence-electron chi connectivity index (χ2n) is 11.0. The average molecular weight is 561 g/mol. The van der Waals surface area contributed by atoms with Crippen molar-refractivity contribution in [1.29, 1.82) is 0 Å². The van der Waals surface area contributed by atoms with E-state index in [0.29, 0.717) is 5.02 Å². The zero-order chi connectivity index (χ0) is 29.3. The lowest BCUT2D eigenvalue weighted by Gasteiger charge is -2.32. The zero-order valence-corrected chi connectivity index (χ0v) is 24.1. The van der Waals surface area contributed by atoms with Crippen LogP contribution in [0.15, 0.2) is 84.9 Å². The summed E-state index contributed by atoms with van der Waals surface area (Å²) in [4.78, 5) is 38.3. The van der Waals surface area contributed by atoms with Gasteiger partial charge in [0, 0.05) is 10.6 Å². The van der Waals surface area contributed by atoms with E-state index < -0.39 is 29.3 Å². The van der Waals surface area contributed by atoms with Crippen molar-refractivity contribution in [3.05, 3.63) is 101 Å². The van der Waals surface area contributed by atoms with Gasteiger partial charge in [0.05, 0.1) is 18.4 Å². The lowest BCUT2D eigenvalue weighted by atomic mass is 9.85. The predicted molar refractivity (Wildman–Crippen MR) is 161 cm³/mol. The Morgan fingerprint density at radius 2 is 1.50 bits per heavy atom. The SMILES string of the molecule is C[C@@H](NC(=O)[C@@H](NC(=O)[C@H](CC=Cc1cccc(Cl)c1-c1ccccc1)CC(=O)O)C(C)(C)C)c1ccccc1. The van der Waals surface area contributed by atoms with Gasteiger partial charge >= 0.3 is 5.97 Å². The van der Waals surface area contributed by atoms with Crippen LogP contribution in [0.2, 0.25) is 5.02 Å². The van der Waals surface area contributed by atoms with Crippen LogP contribution in [0, 0.1) is 11.3 Å². The number of carboxylic acid groups (broad SMARTS) is 1. The second-order valence-corrected chi connectivity index (χ2v) is 11.4. The number of hydrogen-bond donors (Lipinski definition) is 3. The van der Waals surface area contributed by atoms with Crippen LogP contribution in [0.5, 0.6) is 0 Å². The molecule has 3 aromatic rings. The van der Waals surface area contributed by atoms with Crippen LogP contribution in [-0.2, 0) is 14.4 Å². The van der Waals surface area contributed by atoms with Crippen molar-refractivity contribution < 1.29 is 19.5 Å². The molecule has 3 atom stereocenters. The molecule has 0 spiro atoms. The van der Waals surface area contributed by atoms with Gasteiger partial charge < -0.3 is 15.7 Å². The molecule has 0 radical (unpaired) electrons. The van der Waals surface area contributed by atoms with E-state index in [4.69, 9.17) is 11.6 Å². The standard InChI is InChI=1S/C33H37ClN2O4/c1-22(23-13-7-5-8-14-23)35-32(40)30(33(2,3)4)36-31(39)26(21-28(37)38)19-11-17-25-18-12-20-27(34)29(25)24-15-9-6-10-16-24/h5-18,20,22,26,30H,19,21H2,1-4H3,(H,35,40)(H,36,39)(H,37,38)/t22-,26-,30-/m1/s1. The minimum Gasteiger partial charge on any atom is -0.481 e. The highest BCUT2D eigenvalue weighted by Gasteiger charge is 2.35. The van der Waals surface area contributed by atoms with Gasteiger partial charge in [-0.25, -0.2) is 0 Å². The van der Waals surface area contributed by atoms with Gasteiger partial charge in [0.1, 0.15) is 6.04 Å². The second kappa shape index (κ2) is 13.9. The monoisotopic (exact) mass is 560 g/mol. The van der Waals surface area contributed by atoms with Crippen molar-refractivity contribution in [3.8, 4) is 11.1 Å². The summed E-state index contributed by atoms with van der Waals surface area (Å²) in [5.41, 5.74) is 3.01. The quantitative estimate of drug-likeness (QED) is 0.237. The maximum atomic E-state index is 13.4. The summed E-state index contributed by atoms with van der Waals surface area (Å²) in [7, 11) is 0. The number of aliphatic carboxylic acids is 1. The van der Waals surface area contributed by atoms with E-state index in [0.717, 1.165) is 22.3 Å². The van der Waals surface area contributed by atoms with Crippen molar-refractivity contribution in [1.82, 2.24) is 10.6 Å². The molecule has 2 amide bonds. The smallest absolute Gasteiger partial charge is 0.304 e. The fourth-order valence-corrected chi connectivity index (χ4v) is 4.79. The largest absolute Gasteiger partial charge is 0.481 e. The van der Waals surface area contributed by atoms with Gasteiger partial charge in [-0.3, -0.25) is 14.4 Å². The molecule has 3 aromatic carbocycles. The number of carbonyl (C=O) groups excluding carboxylic acids is 2. The van der Waals surface area contributed by atoms with Crippen LogP contribution in [0.1, 0.15) is 57.7 Å². The van der Waals surface area contributed by atoms with E-state index in [-0.39, 0.29) is 24.8 Å². The van der Waals surface area contributed by atoms with E-state index in [1.807, 2.05) is 113 Å². The summed E-state index contributed by atoms with van der Waals surface area (Å²) >= 11 is 6.52. The zero-order valence-electron chi connectivity index (χ0n) is 23.4. The van der Waals surface area contributed by atoms with Gasteiger partial charge in [0.25, 0.3) is 0 Å². The third kappa shape index (κ3) is 8.55. The van der Waals surface area contributed by atoms with Crippen LogP contribution >= 0.6 is 11.6 Å². The molecule has 0 aliphatic rings. The number of nitrogens with one attached hydrogen (secondary N) is 2. The molecular weight excluding hydrogens is 524 g/mol. The fourth-order valence-electron chi connectivity index (χ4n) is 4.50. The molecule has 0 aromatic heterocycles. The molecule has 0 saturated heterocycles. The molecule has 210 valence electrons. The molecule has 3 rings (SSSR count). The molecule has 0 unspecified atom stereocenters. The molecule has 0 fully saturated rings. The minimum absolute atomic E-state index is 0.178. The van der Waals surface area contributed by atoms with Crippen molar-refractivity contribution in [3.63, 3.8) is 0 Å². The lowest BCUT2D eigenvalue weighted by Crippen LogP contribution is -2.55. The van der Waals surface area contributed by atoms with E-state index in [9.17, 15) is 19.5 Å². The van der Waals surface area contributed by atoms with Crippen LogP contribution in [0.4, 0.5) is 0 Å². The highest BCUT2D eigenvalue weighted by molar-refractivity contribution is 6.33. The van der Waals surface area contributed by atoms with Gasteiger partial charge in [0.2, 0.25) is 11.8 Å². The summed E-state index contributed by atoms with van der Waals surface area (Å²) in [6.45, 7) is 7.47. The first-order valence-corrected chi connectivity index (χ1v) is 13.7. The topological polar surface area (TPSA) is 95.5 Å². The number of benzene rings is 3. The molecule has 0 bridgehead atoms. The first-order valence-electron chi connectivity index (χ1n) is 13.4. The summed E-state index contributed by atoms with van der Waals surface area (Å²) in [6, 6.07) is 23.8. The Bertz CT molecular complexity index is 1330. The van der Waals surface area contributed by atoms with Crippen molar-refractivity contribution in [2.24, 2.45) is 11.3 Å². The van der Waals surface area contributed by atoms with Gasteiger partial charge in [-0.05, 0) is 41.5 Å². The van der Waals surface area contributed by atoms with Crippen molar-refractivity contribution in [2.45, 2.75) is 52.6 Å². The first kappa shape index (κ1) is 30.6. The predicted octanol–water partition coefficient (Wildman–Crippen LogP) is 6.91. The van der Waals surface area contributed by atoms with Crippen LogP contribution in [0.25, 0.3) is 17.2 Å². The number of carboxylic acids is 1. The molecule has 0 heterocycles. The Morgan fingerprint density at radius 1 is 0.875 bits per heavy atom. The molecular formula is C33H37ClN2O4. The highest BCUT2D eigenvalue weighted by Crippen LogP contribution is 2.32. The summed E-state index contributed by atoms with van der Waals surface area (Å²) in [6.07, 6.45) is 3.45. The Hall–Kier alpha value is -3.90. The van der Waals surface area contributed by atoms with Crippen LogP contribution in [-0.4, -0.2) is 28.9 Å². The van der Waals surface area contributed by atoms with Gasteiger partial charge in [-0.2, -0.15) is 0 Å². The lowest BCUT2D eigenvalue weighted by molar-refractivity contribution is -0.141. The Kier molecular flexibility index (Phi) is 10.7. The molecule has 6 nitrogen and oxygen atoms in total. The molecule has 0 aliphatic carbocycles. The number of rotatable bonds is 11. The van der Waals surface area contributed by atoms with Gasteiger partial charge in [0.15, 0.2) is 0 Å². The fraction of sp³-hybridized carbons (Fsp3) is 0.303. The normalized spacial score (nSPS) is 13.8. The summed E-state index contributed by atoms with van der Waals surface area (Å²) < 4.78 is 0. The molecule has 40 heavy (non-hydrogen) atoms. The number of allylic oxidation sites excluding steroid dienone is 1. The first-order chi connectivity index (χ1) is 19.0.